The zero-order valence-corrected chi connectivity index (χ0v) is 5.94. The molecule has 0 saturated carbocycles. The maximum Gasteiger partial charge on any atom is 0.0188 e. The van der Waals surface area contributed by atoms with Crippen molar-refractivity contribution in [1.82, 2.24) is 5.32 Å². The molecule has 2 heteroatoms. The topological polar surface area (TPSA) is 38.0 Å². The van der Waals surface area contributed by atoms with E-state index in [2.05, 4.69) is 19.2 Å². The fraction of sp³-hybridized carbons (Fsp3) is 1.00. The second-order valence-corrected chi connectivity index (χ2v) is 2.47. The quantitative estimate of drug-likeness (QED) is 0.552. The highest BCUT2D eigenvalue weighted by Crippen LogP contribution is 1.94. The molecule has 2 nitrogen and oxygen atoms in total. The first-order chi connectivity index (χ1) is 3.68. The Morgan fingerprint density at radius 1 is 1.50 bits per heavy atom. The maximum atomic E-state index is 5.66. The zero-order chi connectivity index (χ0) is 6.57. The zero-order valence-electron chi connectivity index (χ0n) is 5.94. The van der Waals surface area contributed by atoms with E-state index < -0.39 is 0 Å². The lowest BCUT2D eigenvalue weighted by Gasteiger charge is -2.13. The van der Waals surface area contributed by atoms with Crippen molar-refractivity contribution < 1.29 is 0 Å². The first kappa shape index (κ1) is 7.92. The van der Waals surface area contributed by atoms with Crippen molar-refractivity contribution in [2.24, 2.45) is 11.7 Å². The Bertz CT molecular complexity index is 52.5. The van der Waals surface area contributed by atoms with Crippen molar-refractivity contribution >= 4 is 0 Å². The summed E-state index contributed by atoms with van der Waals surface area (Å²) in [6.45, 7) is 5.17. The molecule has 0 unspecified atom stereocenters. The van der Waals surface area contributed by atoms with Gasteiger partial charge in [-0.1, -0.05) is 13.8 Å². The average molecular weight is 116 g/mol. The van der Waals surface area contributed by atoms with Crippen molar-refractivity contribution in [3.8, 4) is 0 Å². The van der Waals surface area contributed by atoms with Crippen molar-refractivity contribution in [2.75, 3.05) is 13.6 Å². The average Bonchev–Trinajstić information content (AvgIpc) is 1.67. The highest BCUT2D eigenvalue weighted by atomic mass is 14.9. The van der Waals surface area contributed by atoms with Crippen LogP contribution in [0.25, 0.3) is 0 Å². The van der Waals surface area contributed by atoms with Crippen LogP contribution in [0.15, 0.2) is 0 Å². The van der Waals surface area contributed by atoms with Crippen LogP contribution < -0.4 is 11.1 Å². The second-order valence-electron chi connectivity index (χ2n) is 2.47. The Morgan fingerprint density at radius 3 is 2.12 bits per heavy atom. The summed E-state index contributed by atoms with van der Waals surface area (Å²) in [6, 6.07) is 0.306. The molecular weight excluding hydrogens is 100 g/mol. The third-order valence-electron chi connectivity index (χ3n) is 1.30. The molecule has 0 heterocycles. The minimum absolute atomic E-state index is 0.306. The summed E-state index contributed by atoms with van der Waals surface area (Å²) in [6.07, 6.45) is 0. The van der Waals surface area contributed by atoms with Gasteiger partial charge in [0, 0.05) is 12.6 Å². The summed E-state index contributed by atoms with van der Waals surface area (Å²) in [4.78, 5) is 0. The van der Waals surface area contributed by atoms with E-state index in [0.29, 0.717) is 12.0 Å². The molecule has 0 fully saturated rings. The first-order valence-corrected chi connectivity index (χ1v) is 3.08. The van der Waals surface area contributed by atoms with Gasteiger partial charge >= 0.3 is 0 Å². The molecular formula is C6H16N2. The van der Waals surface area contributed by atoms with Crippen LogP contribution in [-0.4, -0.2) is 19.6 Å². The first-order valence-electron chi connectivity index (χ1n) is 3.08. The lowest BCUT2D eigenvalue weighted by Crippen LogP contribution is -2.36. The van der Waals surface area contributed by atoms with Crippen LogP contribution in [0.1, 0.15) is 13.8 Å². The monoisotopic (exact) mass is 116 g/mol. The molecule has 0 bridgehead atoms. The van der Waals surface area contributed by atoms with Crippen LogP contribution in [0.3, 0.4) is 0 Å². The number of rotatable bonds is 3. The SMILES string of the molecule is CNC[C@H](N)C(C)C. The lowest BCUT2D eigenvalue weighted by molar-refractivity contribution is 0.474. The van der Waals surface area contributed by atoms with Gasteiger partial charge in [0.1, 0.15) is 0 Å². The minimum Gasteiger partial charge on any atom is -0.326 e. The molecule has 0 aliphatic rings. The third kappa shape index (κ3) is 2.99. The van der Waals surface area contributed by atoms with Crippen molar-refractivity contribution in [3.05, 3.63) is 0 Å². The largest absolute Gasteiger partial charge is 0.326 e. The molecule has 3 N–H and O–H groups in total. The highest BCUT2D eigenvalue weighted by Gasteiger charge is 2.03. The van der Waals surface area contributed by atoms with Gasteiger partial charge < -0.3 is 11.1 Å². The lowest BCUT2D eigenvalue weighted by atomic mass is 10.1. The van der Waals surface area contributed by atoms with Gasteiger partial charge in [-0.3, -0.25) is 0 Å². The van der Waals surface area contributed by atoms with E-state index >= 15 is 0 Å². The van der Waals surface area contributed by atoms with E-state index in [9.17, 15) is 0 Å². The molecule has 0 saturated heterocycles. The van der Waals surface area contributed by atoms with Gasteiger partial charge in [-0.15, -0.1) is 0 Å². The van der Waals surface area contributed by atoms with Crippen LogP contribution in [-0.2, 0) is 0 Å². The van der Waals surface area contributed by atoms with Crippen LogP contribution in [0, 0.1) is 5.92 Å². The highest BCUT2D eigenvalue weighted by molar-refractivity contribution is 4.65. The van der Waals surface area contributed by atoms with Crippen LogP contribution in [0.2, 0.25) is 0 Å². The minimum atomic E-state index is 0.306. The standard InChI is InChI=1S/C6H16N2/c1-5(2)6(7)4-8-3/h5-6,8H,4,7H2,1-3H3/t6-/m0/s1. The molecule has 50 valence electrons. The van der Waals surface area contributed by atoms with Gasteiger partial charge in [0.25, 0.3) is 0 Å². The van der Waals surface area contributed by atoms with Crippen molar-refractivity contribution in [2.45, 2.75) is 19.9 Å². The molecule has 0 aliphatic heterocycles. The van der Waals surface area contributed by atoms with Crippen LogP contribution >= 0.6 is 0 Å². The molecule has 0 amide bonds. The van der Waals surface area contributed by atoms with Gasteiger partial charge in [0.05, 0.1) is 0 Å². The summed E-state index contributed by atoms with van der Waals surface area (Å²) in [7, 11) is 1.92. The van der Waals surface area contributed by atoms with Crippen molar-refractivity contribution in [1.29, 1.82) is 0 Å². The molecule has 0 rings (SSSR count). The Morgan fingerprint density at radius 2 is 2.00 bits per heavy atom. The third-order valence-corrected chi connectivity index (χ3v) is 1.30. The van der Waals surface area contributed by atoms with E-state index in [1.165, 1.54) is 0 Å². The van der Waals surface area contributed by atoms with Gasteiger partial charge in [0.15, 0.2) is 0 Å². The van der Waals surface area contributed by atoms with Crippen LogP contribution in [0.4, 0.5) is 0 Å². The summed E-state index contributed by atoms with van der Waals surface area (Å²) >= 11 is 0. The van der Waals surface area contributed by atoms with E-state index in [0.717, 1.165) is 6.54 Å². The Kier molecular flexibility index (Phi) is 3.83. The van der Waals surface area contributed by atoms with E-state index in [-0.39, 0.29) is 0 Å². The predicted octanol–water partition coefficient (Wildman–Crippen LogP) is 0.189. The predicted molar refractivity (Wildman–Crippen MR) is 36.7 cm³/mol. The van der Waals surface area contributed by atoms with Crippen LogP contribution in [0.5, 0.6) is 0 Å². The number of hydrogen-bond acceptors (Lipinski definition) is 2. The fourth-order valence-corrected chi connectivity index (χ4v) is 0.471. The molecule has 0 aromatic rings. The Balaban J connectivity index is 3.17. The second kappa shape index (κ2) is 3.87. The van der Waals surface area contributed by atoms with Gasteiger partial charge in [-0.05, 0) is 13.0 Å². The molecule has 0 aromatic heterocycles. The van der Waals surface area contributed by atoms with Gasteiger partial charge in [0.2, 0.25) is 0 Å². The molecule has 0 spiro atoms. The number of nitrogens with two attached hydrogens (primary N) is 1. The fourth-order valence-electron chi connectivity index (χ4n) is 0.471. The molecule has 8 heavy (non-hydrogen) atoms. The molecule has 0 aromatic carbocycles. The summed E-state index contributed by atoms with van der Waals surface area (Å²) < 4.78 is 0. The van der Waals surface area contributed by atoms with E-state index in [1.807, 2.05) is 7.05 Å². The smallest absolute Gasteiger partial charge is 0.0188 e. The maximum absolute atomic E-state index is 5.66. The Hall–Kier alpha value is -0.0800. The van der Waals surface area contributed by atoms with E-state index in [4.69, 9.17) is 5.73 Å². The summed E-state index contributed by atoms with van der Waals surface area (Å²) in [5, 5.41) is 3.02. The number of likely N-dealkylation sites (N-methyl/N-ethyl adjacent to an activating group) is 1. The Labute approximate surface area is 51.5 Å². The van der Waals surface area contributed by atoms with Gasteiger partial charge in [-0.25, -0.2) is 0 Å². The number of hydrogen-bond donors (Lipinski definition) is 2. The molecule has 1 atom stereocenters. The van der Waals surface area contributed by atoms with E-state index in [1.54, 1.807) is 0 Å². The molecule has 0 radical (unpaired) electrons. The normalized spacial score (nSPS) is 14.6. The summed E-state index contributed by atoms with van der Waals surface area (Å²) in [5.41, 5.74) is 5.66. The van der Waals surface area contributed by atoms with Gasteiger partial charge in [-0.2, -0.15) is 0 Å². The molecule has 0 aliphatic carbocycles. The van der Waals surface area contributed by atoms with Crippen molar-refractivity contribution in [3.63, 3.8) is 0 Å². The summed E-state index contributed by atoms with van der Waals surface area (Å²) in [5.74, 6) is 0.586. The number of nitrogens with one attached hydrogen (secondary N) is 1.